The standard InChI is InChI=1S/C18H27N5S2.HI/c1-3-16-21-15(13-25-16)6-9-20-18(19-2)22-14-7-10-23(11-8-14)17-5-4-12-24-17;/h4-5,12-14H,3,6-11H2,1-2H3,(H2,19,20,22);1H. The van der Waals surface area contributed by atoms with Gasteiger partial charge in [0.2, 0.25) is 0 Å². The highest BCUT2D eigenvalue weighted by Crippen LogP contribution is 2.24. The van der Waals surface area contributed by atoms with E-state index < -0.39 is 0 Å². The molecule has 1 saturated heterocycles. The van der Waals surface area contributed by atoms with Crippen molar-refractivity contribution in [3.63, 3.8) is 0 Å². The lowest BCUT2D eigenvalue weighted by molar-refractivity contribution is 0.463. The molecule has 0 aromatic carbocycles. The predicted molar refractivity (Wildman–Crippen MR) is 125 cm³/mol. The number of thiophene rings is 1. The lowest BCUT2D eigenvalue weighted by atomic mass is 10.1. The first kappa shape index (κ1) is 21.4. The zero-order valence-electron chi connectivity index (χ0n) is 15.4. The Morgan fingerprint density at radius 2 is 2.15 bits per heavy atom. The van der Waals surface area contributed by atoms with Gasteiger partial charge in [-0.1, -0.05) is 6.92 Å². The molecule has 0 bridgehead atoms. The summed E-state index contributed by atoms with van der Waals surface area (Å²) in [6.45, 7) is 5.22. The molecule has 1 aliphatic heterocycles. The van der Waals surface area contributed by atoms with Crippen molar-refractivity contribution in [1.82, 2.24) is 15.6 Å². The Morgan fingerprint density at radius 3 is 2.77 bits per heavy atom. The van der Waals surface area contributed by atoms with Crippen LogP contribution in [0.2, 0.25) is 0 Å². The molecule has 5 nitrogen and oxygen atoms in total. The number of anilines is 1. The molecule has 0 aliphatic carbocycles. The van der Waals surface area contributed by atoms with Gasteiger partial charge in [0, 0.05) is 44.5 Å². The minimum absolute atomic E-state index is 0. The molecule has 0 atom stereocenters. The molecule has 3 heterocycles. The Balaban J connectivity index is 0.00000243. The molecule has 3 rings (SSSR count). The van der Waals surface area contributed by atoms with Gasteiger partial charge in [-0.2, -0.15) is 0 Å². The molecule has 0 spiro atoms. The Labute approximate surface area is 181 Å². The summed E-state index contributed by atoms with van der Waals surface area (Å²) in [7, 11) is 1.84. The van der Waals surface area contributed by atoms with Gasteiger partial charge in [0.15, 0.2) is 5.96 Å². The number of piperidine rings is 1. The van der Waals surface area contributed by atoms with Crippen LogP contribution in [0.5, 0.6) is 0 Å². The molecule has 2 aromatic heterocycles. The molecule has 26 heavy (non-hydrogen) atoms. The Morgan fingerprint density at radius 1 is 1.35 bits per heavy atom. The molecule has 0 radical (unpaired) electrons. The van der Waals surface area contributed by atoms with E-state index in [0.717, 1.165) is 51.3 Å². The molecule has 2 N–H and O–H groups in total. The molecule has 0 unspecified atom stereocenters. The smallest absolute Gasteiger partial charge is 0.191 e. The third-order valence-electron chi connectivity index (χ3n) is 4.45. The highest BCUT2D eigenvalue weighted by molar-refractivity contribution is 14.0. The van der Waals surface area contributed by atoms with Gasteiger partial charge in [0.1, 0.15) is 0 Å². The van der Waals surface area contributed by atoms with Gasteiger partial charge in [-0.05, 0) is 36.8 Å². The third kappa shape index (κ3) is 6.09. The number of rotatable bonds is 6. The van der Waals surface area contributed by atoms with Crippen molar-refractivity contribution >= 4 is 57.6 Å². The van der Waals surface area contributed by atoms with Crippen LogP contribution in [0.25, 0.3) is 0 Å². The summed E-state index contributed by atoms with van der Waals surface area (Å²) in [4.78, 5) is 11.5. The van der Waals surface area contributed by atoms with Crippen LogP contribution in [0.15, 0.2) is 27.9 Å². The van der Waals surface area contributed by atoms with Crippen LogP contribution in [-0.4, -0.2) is 43.7 Å². The van der Waals surface area contributed by atoms with Crippen molar-refractivity contribution in [2.24, 2.45) is 4.99 Å². The number of thiazole rings is 1. The molecular formula is C18H28IN5S2. The van der Waals surface area contributed by atoms with Gasteiger partial charge in [0.05, 0.1) is 15.7 Å². The largest absolute Gasteiger partial charge is 0.363 e. The van der Waals surface area contributed by atoms with E-state index in [1.807, 2.05) is 18.4 Å². The minimum Gasteiger partial charge on any atom is -0.363 e. The van der Waals surface area contributed by atoms with Crippen LogP contribution < -0.4 is 15.5 Å². The van der Waals surface area contributed by atoms with E-state index in [1.54, 1.807) is 11.3 Å². The fourth-order valence-corrected chi connectivity index (χ4v) is 4.58. The molecule has 8 heteroatoms. The monoisotopic (exact) mass is 505 g/mol. The second-order valence-corrected chi connectivity index (χ2v) is 8.06. The minimum atomic E-state index is 0. The van der Waals surface area contributed by atoms with Gasteiger partial charge >= 0.3 is 0 Å². The molecule has 2 aromatic rings. The fourth-order valence-electron chi connectivity index (χ4n) is 3.02. The van der Waals surface area contributed by atoms with Gasteiger partial charge in [0.25, 0.3) is 0 Å². The van der Waals surface area contributed by atoms with Crippen molar-refractivity contribution in [3.8, 4) is 0 Å². The molecule has 144 valence electrons. The summed E-state index contributed by atoms with van der Waals surface area (Å²) < 4.78 is 0. The van der Waals surface area contributed by atoms with Crippen LogP contribution in [0.3, 0.4) is 0 Å². The molecule has 0 amide bonds. The second-order valence-electron chi connectivity index (χ2n) is 6.19. The van der Waals surface area contributed by atoms with E-state index in [-0.39, 0.29) is 24.0 Å². The number of nitrogens with one attached hydrogen (secondary N) is 2. The summed E-state index contributed by atoms with van der Waals surface area (Å²) in [5.41, 5.74) is 1.18. The lowest BCUT2D eigenvalue weighted by Gasteiger charge is -2.33. The summed E-state index contributed by atoms with van der Waals surface area (Å²) in [6, 6.07) is 4.83. The number of hydrogen-bond donors (Lipinski definition) is 2. The SMILES string of the molecule is CCc1nc(CCNC(=NC)NC2CCN(c3cccs3)CC2)cs1.I. The number of aliphatic imine (C=N–C) groups is 1. The molecule has 1 fully saturated rings. The van der Waals surface area contributed by atoms with Gasteiger partial charge in [-0.15, -0.1) is 46.7 Å². The first-order valence-electron chi connectivity index (χ1n) is 8.97. The molecule has 0 saturated carbocycles. The predicted octanol–water partition coefficient (Wildman–Crippen LogP) is 3.76. The first-order chi connectivity index (χ1) is 12.3. The van der Waals surface area contributed by atoms with E-state index in [0.29, 0.717) is 6.04 Å². The van der Waals surface area contributed by atoms with Crippen LogP contribution in [0, 0.1) is 0 Å². The summed E-state index contributed by atoms with van der Waals surface area (Å²) in [5.74, 6) is 0.903. The number of halogens is 1. The Hall–Kier alpha value is -0.870. The molecule has 1 aliphatic rings. The van der Waals surface area contributed by atoms with Crippen molar-refractivity contribution in [2.75, 3.05) is 31.6 Å². The van der Waals surface area contributed by atoms with E-state index >= 15 is 0 Å². The van der Waals surface area contributed by atoms with E-state index in [1.165, 1.54) is 15.7 Å². The number of aryl methyl sites for hydroxylation is 1. The Bertz CT molecular complexity index is 663. The van der Waals surface area contributed by atoms with E-state index in [2.05, 4.69) is 55.3 Å². The average molecular weight is 505 g/mol. The van der Waals surface area contributed by atoms with Crippen LogP contribution in [0.4, 0.5) is 5.00 Å². The number of hydrogen-bond acceptors (Lipinski definition) is 5. The summed E-state index contributed by atoms with van der Waals surface area (Å²) in [6.07, 6.45) is 4.24. The van der Waals surface area contributed by atoms with Crippen molar-refractivity contribution in [3.05, 3.63) is 33.6 Å². The van der Waals surface area contributed by atoms with Gasteiger partial charge in [-0.3, -0.25) is 4.99 Å². The number of aromatic nitrogens is 1. The maximum Gasteiger partial charge on any atom is 0.191 e. The second kappa shape index (κ2) is 11.1. The maximum atomic E-state index is 4.61. The van der Waals surface area contributed by atoms with Crippen LogP contribution in [0.1, 0.15) is 30.5 Å². The third-order valence-corrected chi connectivity index (χ3v) is 6.42. The molecular weight excluding hydrogens is 477 g/mol. The average Bonchev–Trinajstić information content (AvgIpc) is 3.33. The van der Waals surface area contributed by atoms with Crippen molar-refractivity contribution in [1.29, 1.82) is 0 Å². The van der Waals surface area contributed by atoms with Crippen molar-refractivity contribution in [2.45, 2.75) is 38.6 Å². The fraction of sp³-hybridized carbons (Fsp3) is 0.556. The maximum absolute atomic E-state index is 4.61. The Kier molecular flexibility index (Phi) is 9.13. The van der Waals surface area contributed by atoms with E-state index in [4.69, 9.17) is 0 Å². The lowest BCUT2D eigenvalue weighted by Crippen LogP contribution is -2.49. The summed E-state index contributed by atoms with van der Waals surface area (Å²) in [5, 5.41) is 13.9. The zero-order chi connectivity index (χ0) is 17.5. The zero-order valence-corrected chi connectivity index (χ0v) is 19.4. The first-order valence-corrected chi connectivity index (χ1v) is 10.7. The van der Waals surface area contributed by atoms with Crippen LogP contribution >= 0.6 is 46.7 Å². The quantitative estimate of drug-likeness (QED) is 0.357. The van der Waals surface area contributed by atoms with E-state index in [9.17, 15) is 0 Å². The van der Waals surface area contributed by atoms with Crippen LogP contribution in [-0.2, 0) is 12.8 Å². The number of nitrogens with zero attached hydrogens (tertiary/aromatic N) is 3. The highest BCUT2D eigenvalue weighted by atomic mass is 127. The summed E-state index contributed by atoms with van der Waals surface area (Å²) >= 11 is 3.58. The number of guanidine groups is 1. The normalized spacial score (nSPS) is 15.6. The topological polar surface area (TPSA) is 52.6 Å². The van der Waals surface area contributed by atoms with Gasteiger partial charge in [-0.25, -0.2) is 4.98 Å². The van der Waals surface area contributed by atoms with Gasteiger partial charge < -0.3 is 15.5 Å². The highest BCUT2D eigenvalue weighted by Gasteiger charge is 2.20. The van der Waals surface area contributed by atoms with Crippen molar-refractivity contribution < 1.29 is 0 Å².